The molecule has 11 heteroatoms. The van der Waals surface area contributed by atoms with Crippen molar-refractivity contribution >= 4 is 11.9 Å². The van der Waals surface area contributed by atoms with Crippen molar-refractivity contribution in [1.29, 1.82) is 0 Å². The molecule has 0 spiro atoms. The van der Waals surface area contributed by atoms with E-state index in [2.05, 4.69) is 67.8 Å². The standard InChI is InChI=1S/C62H111NO10/c1-3-5-7-9-11-13-14-26-30-34-38-42-46-50-58(67)71-51-47-43-39-35-31-28-25-23-21-19-17-15-16-18-20-22-24-27-29-33-37-41-45-49-57(66)63-54(55(65)48-44-40-36-32-12-10-8-6-4-2)53-72-62-61(70)60(69)59(68)56(52-64)73-62/h12-15,17-18,20,32,44,48,54-56,59-62,64-65,68-70H,3-11,16,19,21-31,33-43,45-47,49-53H2,1-2H3,(H,63,66)/b14-13-,17-15-,20-18-,32-12+,48-44+. The van der Waals surface area contributed by atoms with E-state index >= 15 is 0 Å². The number of unbranched alkanes of at least 4 members (excludes halogenated alkanes) is 29. The molecule has 1 fully saturated rings. The Balaban J connectivity index is 2.04. The van der Waals surface area contributed by atoms with Crippen LogP contribution in [0.3, 0.4) is 0 Å². The lowest BCUT2D eigenvalue weighted by molar-refractivity contribution is -0.302. The summed E-state index contributed by atoms with van der Waals surface area (Å²) in [6, 6.07) is -0.835. The van der Waals surface area contributed by atoms with Gasteiger partial charge in [-0.25, -0.2) is 0 Å². The summed E-state index contributed by atoms with van der Waals surface area (Å²) in [5.74, 6) is -0.222. The third-order valence-electron chi connectivity index (χ3n) is 13.8. The minimum atomic E-state index is -1.58. The van der Waals surface area contributed by atoms with Crippen LogP contribution in [0.25, 0.3) is 0 Å². The van der Waals surface area contributed by atoms with Gasteiger partial charge in [0.05, 0.1) is 32.0 Å². The molecule has 0 radical (unpaired) electrons. The Morgan fingerprint density at radius 1 is 0.507 bits per heavy atom. The molecule has 1 aliphatic heterocycles. The van der Waals surface area contributed by atoms with Crippen molar-refractivity contribution in [2.24, 2.45) is 0 Å². The van der Waals surface area contributed by atoms with Crippen molar-refractivity contribution in [3.8, 4) is 0 Å². The lowest BCUT2D eigenvalue weighted by Crippen LogP contribution is -2.60. The van der Waals surface area contributed by atoms with Crippen molar-refractivity contribution in [3.05, 3.63) is 60.8 Å². The molecule has 1 aliphatic rings. The van der Waals surface area contributed by atoms with E-state index in [1.54, 1.807) is 6.08 Å². The second-order valence-electron chi connectivity index (χ2n) is 20.7. The SMILES string of the molecule is CCCCC/C=C/CC/C=C/C(O)C(COC1OC(CO)C(O)C(O)C1O)NC(=O)CCCCCCCCC/C=C\C/C=C\CCCCCCCCCCCOC(=O)CCCCCCC/C=C\CCCCCC. The van der Waals surface area contributed by atoms with Gasteiger partial charge in [0, 0.05) is 12.8 Å². The van der Waals surface area contributed by atoms with Gasteiger partial charge in [-0.05, 0) is 103 Å². The zero-order chi connectivity index (χ0) is 53.1. The lowest BCUT2D eigenvalue weighted by atomic mass is 9.99. The summed E-state index contributed by atoms with van der Waals surface area (Å²) in [4.78, 5) is 25.0. The summed E-state index contributed by atoms with van der Waals surface area (Å²) in [6.07, 6.45) is 56.2. The molecule has 6 N–H and O–H groups in total. The van der Waals surface area contributed by atoms with Gasteiger partial charge < -0.3 is 45.1 Å². The molecule has 1 heterocycles. The number of carbonyl (C=O) groups is 2. The van der Waals surface area contributed by atoms with Crippen molar-refractivity contribution in [2.75, 3.05) is 19.8 Å². The smallest absolute Gasteiger partial charge is 0.305 e. The number of rotatable bonds is 51. The van der Waals surface area contributed by atoms with Crippen LogP contribution in [0, 0.1) is 0 Å². The highest BCUT2D eigenvalue weighted by atomic mass is 16.7. The maximum atomic E-state index is 13.0. The van der Waals surface area contributed by atoms with E-state index in [9.17, 15) is 35.1 Å². The van der Waals surface area contributed by atoms with Crippen molar-refractivity contribution in [3.63, 3.8) is 0 Å². The van der Waals surface area contributed by atoms with Crippen LogP contribution in [-0.4, -0.2) is 100 Å². The summed E-state index contributed by atoms with van der Waals surface area (Å²) in [7, 11) is 0. The number of esters is 1. The molecule has 424 valence electrons. The van der Waals surface area contributed by atoms with Gasteiger partial charge in [0.25, 0.3) is 0 Å². The highest BCUT2D eigenvalue weighted by molar-refractivity contribution is 5.76. The highest BCUT2D eigenvalue weighted by Gasteiger charge is 2.44. The molecular weight excluding hydrogens is 919 g/mol. The number of aliphatic hydroxyl groups is 5. The van der Waals surface area contributed by atoms with E-state index in [0.717, 1.165) is 89.9 Å². The monoisotopic (exact) mass is 1030 g/mol. The third-order valence-corrected chi connectivity index (χ3v) is 13.8. The van der Waals surface area contributed by atoms with Gasteiger partial charge in [-0.3, -0.25) is 9.59 Å². The largest absolute Gasteiger partial charge is 0.466 e. The zero-order valence-electron chi connectivity index (χ0n) is 46.6. The summed E-state index contributed by atoms with van der Waals surface area (Å²) in [6.45, 7) is 4.24. The maximum absolute atomic E-state index is 13.0. The molecule has 11 nitrogen and oxygen atoms in total. The number of aliphatic hydroxyl groups excluding tert-OH is 5. The average molecular weight is 1030 g/mol. The fourth-order valence-corrected chi connectivity index (χ4v) is 9.00. The molecule has 7 atom stereocenters. The molecule has 0 aliphatic carbocycles. The predicted molar refractivity (Wildman–Crippen MR) is 301 cm³/mol. The molecule has 0 saturated carbocycles. The van der Waals surface area contributed by atoms with Crippen LogP contribution < -0.4 is 5.32 Å². The van der Waals surface area contributed by atoms with E-state index in [4.69, 9.17) is 14.2 Å². The molecule has 1 amide bonds. The quantitative estimate of drug-likeness (QED) is 0.0195. The molecule has 1 rings (SSSR count). The lowest BCUT2D eigenvalue weighted by Gasteiger charge is -2.40. The molecule has 0 bridgehead atoms. The number of carbonyl (C=O) groups excluding carboxylic acids is 2. The van der Waals surface area contributed by atoms with Gasteiger partial charge in [-0.2, -0.15) is 0 Å². The topological polar surface area (TPSA) is 175 Å². The predicted octanol–water partition coefficient (Wildman–Crippen LogP) is 13.8. The second-order valence-corrected chi connectivity index (χ2v) is 20.7. The molecule has 0 aromatic heterocycles. The highest BCUT2D eigenvalue weighted by Crippen LogP contribution is 2.23. The van der Waals surface area contributed by atoms with Crippen molar-refractivity contribution < 1.29 is 49.3 Å². The minimum Gasteiger partial charge on any atom is -0.466 e. The van der Waals surface area contributed by atoms with E-state index in [1.807, 2.05) is 6.08 Å². The first-order chi connectivity index (χ1) is 35.7. The summed E-state index contributed by atoms with van der Waals surface area (Å²) >= 11 is 0. The van der Waals surface area contributed by atoms with Crippen LogP contribution in [0.1, 0.15) is 258 Å². The normalized spacial score (nSPS) is 19.4. The third kappa shape index (κ3) is 41.2. The van der Waals surface area contributed by atoms with Crippen LogP contribution >= 0.6 is 0 Å². The molecule has 0 aromatic rings. The van der Waals surface area contributed by atoms with Gasteiger partial charge in [0.2, 0.25) is 5.91 Å². The Hall–Kier alpha value is -2.64. The van der Waals surface area contributed by atoms with Gasteiger partial charge >= 0.3 is 5.97 Å². The second kappa shape index (κ2) is 51.5. The number of allylic oxidation sites excluding steroid dienone is 9. The molecule has 7 unspecified atom stereocenters. The summed E-state index contributed by atoms with van der Waals surface area (Å²) < 4.78 is 16.6. The summed E-state index contributed by atoms with van der Waals surface area (Å²) in [5.41, 5.74) is 0. The van der Waals surface area contributed by atoms with Gasteiger partial charge in [-0.1, -0.05) is 203 Å². The van der Waals surface area contributed by atoms with E-state index in [1.165, 1.54) is 141 Å². The Bertz CT molecular complexity index is 1400. The van der Waals surface area contributed by atoms with Gasteiger partial charge in [0.15, 0.2) is 6.29 Å². The van der Waals surface area contributed by atoms with E-state index in [-0.39, 0.29) is 18.5 Å². The Morgan fingerprint density at radius 3 is 1.47 bits per heavy atom. The van der Waals surface area contributed by atoms with Gasteiger partial charge in [0.1, 0.15) is 24.4 Å². The minimum absolute atomic E-state index is 0.0154. The molecule has 73 heavy (non-hydrogen) atoms. The molecule has 0 aromatic carbocycles. The van der Waals surface area contributed by atoms with Crippen molar-refractivity contribution in [2.45, 2.75) is 301 Å². The first-order valence-corrected chi connectivity index (χ1v) is 30.1. The fourth-order valence-electron chi connectivity index (χ4n) is 9.00. The van der Waals surface area contributed by atoms with Crippen LogP contribution in [0.5, 0.6) is 0 Å². The van der Waals surface area contributed by atoms with Crippen LogP contribution in [0.2, 0.25) is 0 Å². The Kier molecular flexibility index (Phi) is 48.2. The maximum Gasteiger partial charge on any atom is 0.305 e. The number of amides is 1. The van der Waals surface area contributed by atoms with E-state index < -0.39 is 49.5 Å². The Labute approximate surface area is 446 Å². The zero-order valence-corrected chi connectivity index (χ0v) is 46.6. The Morgan fingerprint density at radius 2 is 0.932 bits per heavy atom. The van der Waals surface area contributed by atoms with E-state index in [0.29, 0.717) is 19.4 Å². The number of hydrogen-bond donors (Lipinski definition) is 6. The van der Waals surface area contributed by atoms with Crippen LogP contribution in [0.15, 0.2) is 60.8 Å². The fraction of sp³-hybridized carbons (Fsp3) is 0.806. The van der Waals surface area contributed by atoms with Gasteiger partial charge in [-0.15, -0.1) is 0 Å². The number of ether oxygens (including phenoxy) is 3. The van der Waals surface area contributed by atoms with Crippen LogP contribution in [0.4, 0.5) is 0 Å². The summed E-state index contributed by atoms with van der Waals surface area (Å²) in [5, 5.41) is 54.1. The number of nitrogens with one attached hydrogen (secondary N) is 1. The first kappa shape index (κ1) is 68.4. The molecular formula is C62H111NO10. The number of hydrogen-bond acceptors (Lipinski definition) is 10. The van der Waals surface area contributed by atoms with Crippen molar-refractivity contribution in [1.82, 2.24) is 5.32 Å². The average Bonchev–Trinajstić information content (AvgIpc) is 3.39. The molecule has 1 saturated heterocycles. The first-order valence-electron chi connectivity index (χ1n) is 30.1. The van der Waals surface area contributed by atoms with Crippen LogP contribution in [-0.2, 0) is 23.8 Å².